The summed E-state index contributed by atoms with van der Waals surface area (Å²) >= 11 is 0. The van der Waals surface area contributed by atoms with Crippen molar-refractivity contribution >= 4 is 5.91 Å². The molecule has 1 amide bonds. The van der Waals surface area contributed by atoms with E-state index in [1.165, 1.54) is 0 Å². The van der Waals surface area contributed by atoms with E-state index in [1.54, 1.807) is 17.6 Å². The Balaban J connectivity index is 1.97. The largest absolute Gasteiger partial charge is 0.414 e. The lowest BCUT2D eigenvalue weighted by Crippen LogP contribution is -2.36. The smallest absolute Gasteiger partial charge is 0.363 e. The number of alkyl halides is 3. The Morgan fingerprint density at radius 2 is 2.16 bits per heavy atom. The van der Waals surface area contributed by atoms with Crippen molar-refractivity contribution in [2.45, 2.75) is 18.7 Å². The van der Waals surface area contributed by atoms with Gasteiger partial charge in [0, 0.05) is 0 Å². The summed E-state index contributed by atoms with van der Waals surface area (Å²) in [5.74, 6) is -0.739. The first-order valence-electron chi connectivity index (χ1n) is 5.65. The van der Waals surface area contributed by atoms with E-state index in [1.807, 2.05) is 12.1 Å². The third-order valence-corrected chi connectivity index (χ3v) is 2.64. The Kier molecular flexibility index (Phi) is 4.06. The number of benzene rings is 1. The molecule has 4 nitrogen and oxygen atoms in total. The van der Waals surface area contributed by atoms with Crippen molar-refractivity contribution in [3.63, 3.8) is 0 Å². The quantitative estimate of drug-likeness (QED) is 0.857. The molecule has 2 rings (SSSR count). The van der Waals surface area contributed by atoms with Crippen LogP contribution in [0, 0.1) is 0 Å². The van der Waals surface area contributed by atoms with Crippen LogP contribution in [-0.2, 0) is 20.8 Å². The highest BCUT2D eigenvalue weighted by atomic mass is 19.4. The van der Waals surface area contributed by atoms with Crippen molar-refractivity contribution in [3.05, 3.63) is 35.4 Å². The van der Waals surface area contributed by atoms with Gasteiger partial charge in [-0.3, -0.25) is 9.63 Å². The van der Waals surface area contributed by atoms with Gasteiger partial charge < -0.3 is 4.74 Å². The van der Waals surface area contributed by atoms with Crippen LogP contribution in [0.25, 0.3) is 0 Å². The van der Waals surface area contributed by atoms with Crippen LogP contribution in [0.4, 0.5) is 13.2 Å². The minimum absolute atomic E-state index is 0.342. The molecule has 1 aromatic rings. The zero-order chi connectivity index (χ0) is 13.9. The molecule has 0 bridgehead atoms. The molecular formula is C12H12F3NO3. The van der Waals surface area contributed by atoms with Crippen LogP contribution in [0.1, 0.15) is 17.2 Å². The van der Waals surface area contributed by atoms with E-state index in [2.05, 4.69) is 4.84 Å². The van der Waals surface area contributed by atoms with Crippen molar-refractivity contribution in [1.82, 2.24) is 5.48 Å². The molecular weight excluding hydrogens is 263 g/mol. The molecule has 1 heterocycles. The Morgan fingerprint density at radius 1 is 1.42 bits per heavy atom. The fourth-order valence-corrected chi connectivity index (χ4v) is 1.85. The molecule has 0 spiro atoms. The normalized spacial score (nSPS) is 18.8. The van der Waals surface area contributed by atoms with Crippen LogP contribution in [0.15, 0.2) is 24.3 Å². The van der Waals surface area contributed by atoms with E-state index in [4.69, 9.17) is 4.74 Å². The number of halogens is 3. The zero-order valence-electron chi connectivity index (χ0n) is 9.87. The predicted molar refractivity (Wildman–Crippen MR) is 59.0 cm³/mol. The van der Waals surface area contributed by atoms with Gasteiger partial charge >= 0.3 is 6.18 Å². The summed E-state index contributed by atoms with van der Waals surface area (Å²) < 4.78 is 40.9. The molecule has 1 unspecified atom stereocenters. The SMILES string of the molecule is O=C(NOCC(F)(F)F)C1OCCc2ccccc21. The standard InChI is InChI=1S/C12H12F3NO3/c13-12(14,15)7-19-16-11(17)10-9-4-2-1-3-8(9)5-6-18-10/h1-4,10H,5-7H2,(H,16,17). The average molecular weight is 275 g/mol. The fraction of sp³-hybridized carbons (Fsp3) is 0.417. The van der Waals surface area contributed by atoms with Gasteiger partial charge in [0.2, 0.25) is 0 Å². The summed E-state index contributed by atoms with van der Waals surface area (Å²) in [7, 11) is 0. The molecule has 1 atom stereocenters. The summed E-state index contributed by atoms with van der Waals surface area (Å²) in [6, 6.07) is 7.14. The molecule has 0 radical (unpaired) electrons. The lowest BCUT2D eigenvalue weighted by molar-refractivity contribution is -0.195. The van der Waals surface area contributed by atoms with Gasteiger partial charge in [0.15, 0.2) is 12.7 Å². The average Bonchev–Trinajstić information content (AvgIpc) is 2.36. The number of carbonyl (C=O) groups is 1. The van der Waals surface area contributed by atoms with Crippen LogP contribution >= 0.6 is 0 Å². The second-order valence-corrected chi connectivity index (χ2v) is 4.07. The number of hydroxylamine groups is 1. The Hall–Kier alpha value is -1.60. The third-order valence-electron chi connectivity index (χ3n) is 2.64. The Morgan fingerprint density at radius 3 is 2.89 bits per heavy atom. The van der Waals surface area contributed by atoms with Gasteiger partial charge in [0.05, 0.1) is 6.61 Å². The van der Waals surface area contributed by atoms with Crippen LogP contribution in [0.5, 0.6) is 0 Å². The highest BCUT2D eigenvalue weighted by Crippen LogP contribution is 2.27. The summed E-state index contributed by atoms with van der Waals surface area (Å²) in [5.41, 5.74) is 3.37. The summed E-state index contributed by atoms with van der Waals surface area (Å²) in [6.07, 6.45) is -4.75. The highest BCUT2D eigenvalue weighted by Gasteiger charge is 2.31. The minimum Gasteiger partial charge on any atom is -0.363 e. The molecule has 19 heavy (non-hydrogen) atoms. The number of hydrogen-bond donors (Lipinski definition) is 1. The number of hydrogen-bond acceptors (Lipinski definition) is 3. The van der Waals surface area contributed by atoms with E-state index in [0.29, 0.717) is 18.6 Å². The van der Waals surface area contributed by atoms with E-state index >= 15 is 0 Å². The van der Waals surface area contributed by atoms with Crippen LogP contribution in [0.2, 0.25) is 0 Å². The minimum atomic E-state index is -4.49. The first-order valence-corrected chi connectivity index (χ1v) is 5.65. The first-order chi connectivity index (χ1) is 8.97. The number of ether oxygens (including phenoxy) is 1. The van der Waals surface area contributed by atoms with Gasteiger partial charge in [0.1, 0.15) is 0 Å². The first kappa shape index (κ1) is 13.8. The van der Waals surface area contributed by atoms with E-state index in [-0.39, 0.29) is 0 Å². The van der Waals surface area contributed by atoms with E-state index < -0.39 is 24.8 Å². The lowest BCUT2D eigenvalue weighted by atomic mass is 9.97. The van der Waals surface area contributed by atoms with Crippen molar-refractivity contribution in [2.75, 3.05) is 13.2 Å². The number of carbonyl (C=O) groups excluding carboxylic acids is 1. The maximum Gasteiger partial charge on any atom is 0.414 e. The van der Waals surface area contributed by atoms with E-state index in [0.717, 1.165) is 5.56 Å². The topological polar surface area (TPSA) is 47.6 Å². The Labute approximate surface area is 107 Å². The van der Waals surface area contributed by atoms with Gasteiger partial charge in [-0.1, -0.05) is 24.3 Å². The molecule has 1 aliphatic heterocycles. The zero-order valence-corrected chi connectivity index (χ0v) is 9.87. The molecule has 1 aliphatic rings. The predicted octanol–water partition coefficient (Wildman–Crippen LogP) is 1.91. The van der Waals surface area contributed by atoms with Gasteiger partial charge in [0.25, 0.3) is 5.91 Å². The fourth-order valence-electron chi connectivity index (χ4n) is 1.85. The van der Waals surface area contributed by atoms with Crippen LogP contribution in [0.3, 0.4) is 0 Å². The highest BCUT2D eigenvalue weighted by molar-refractivity contribution is 5.82. The maximum atomic E-state index is 11.9. The number of fused-ring (bicyclic) bond motifs is 1. The van der Waals surface area contributed by atoms with Crippen molar-refractivity contribution in [3.8, 4) is 0 Å². The molecule has 104 valence electrons. The molecule has 0 aromatic heterocycles. The third kappa shape index (κ3) is 3.68. The van der Waals surface area contributed by atoms with Gasteiger partial charge in [-0.15, -0.1) is 0 Å². The summed E-state index contributed by atoms with van der Waals surface area (Å²) in [5, 5.41) is 0. The van der Waals surface area contributed by atoms with Crippen molar-refractivity contribution in [2.24, 2.45) is 0 Å². The molecule has 0 saturated carbocycles. The van der Waals surface area contributed by atoms with Gasteiger partial charge in [-0.2, -0.15) is 13.2 Å². The number of nitrogens with one attached hydrogen (secondary N) is 1. The monoisotopic (exact) mass is 275 g/mol. The molecule has 0 saturated heterocycles. The molecule has 7 heteroatoms. The molecule has 1 aromatic carbocycles. The second kappa shape index (κ2) is 5.58. The maximum absolute atomic E-state index is 11.9. The van der Waals surface area contributed by atoms with Gasteiger partial charge in [-0.25, -0.2) is 5.48 Å². The molecule has 1 N–H and O–H groups in total. The van der Waals surface area contributed by atoms with Crippen molar-refractivity contribution < 1.29 is 27.5 Å². The van der Waals surface area contributed by atoms with Crippen molar-refractivity contribution in [1.29, 1.82) is 0 Å². The lowest BCUT2D eigenvalue weighted by Gasteiger charge is -2.24. The molecule has 0 aliphatic carbocycles. The Bertz CT molecular complexity index is 462. The van der Waals surface area contributed by atoms with E-state index in [9.17, 15) is 18.0 Å². The van der Waals surface area contributed by atoms with Crippen LogP contribution < -0.4 is 5.48 Å². The summed E-state index contributed by atoms with van der Waals surface area (Å²) in [4.78, 5) is 15.8. The van der Waals surface area contributed by atoms with Crippen LogP contribution in [-0.4, -0.2) is 25.3 Å². The van der Waals surface area contributed by atoms with Gasteiger partial charge in [-0.05, 0) is 17.5 Å². The number of rotatable bonds is 3. The second-order valence-electron chi connectivity index (χ2n) is 4.07. The number of amides is 1. The molecule has 0 fully saturated rings. The summed E-state index contributed by atoms with van der Waals surface area (Å²) in [6.45, 7) is -1.19.